The van der Waals surface area contributed by atoms with Crippen molar-refractivity contribution in [2.24, 2.45) is 0 Å². The Kier molecular flexibility index (Phi) is 7.35. The zero-order chi connectivity index (χ0) is 32.4. The van der Waals surface area contributed by atoms with E-state index in [1.54, 1.807) is 0 Å². The second-order valence-corrected chi connectivity index (χ2v) is 12.0. The van der Waals surface area contributed by atoms with Gasteiger partial charge in [-0.05, 0) is 33.4 Å². The minimum absolute atomic E-state index is 0.396. The maximum atomic E-state index is 7.39. The van der Waals surface area contributed by atoms with Gasteiger partial charge in [0, 0.05) is 11.1 Å². The van der Waals surface area contributed by atoms with Gasteiger partial charge in [-0.3, -0.25) is 0 Å². The molecule has 0 radical (unpaired) electrons. The lowest BCUT2D eigenvalue weighted by Gasteiger charge is -2.44. The zero-order valence-corrected chi connectivity index (χ0v) is 26.2. The Hall–Kier alpha value is -6.33. The summed E-state index contributed by atoms with van der Waals surface area (Å²) in [7, 11) is 0. The van der Waals surface area contributed by atoms with E-state index in [4.69, 9.17) is 15.8 Å². The molecule has 3 N–H and O–H groups in total. The molecule has 2 aromatic heterocycles. The molecule has 0 saturated carbocycles. The van der Waals surface area contributed by atoms with E-state index in [0.717, 1.165) is 44.5 Å². The third-order valence-corrected chi connectivity index (χ3v) is 9.50. The van der Waals surface area contributed by atoms with Crippen molar-refractivity contribution >= 4 is 17.0 Å². The van der Waals surface area contributed by atoms with Crippen LogP contribution in [-0.2, 0) is 10.8 Å². The summed E-state index contributed by atoms with van der Waals surface area (Å²) < 4.78 is 0. The van der Waals surface area contributed by atoms with Crippen LogP contribution in [0.15, 0.2) is 182 Å². The van der Waals surface area contributed by atoms with Crippen molar-refractivity contribution in [3.63, 3.8) is 0 Å². The summed E-state index contributed by atoms with van der Waals surface area (Å²) in [6.45, 7) is 0. The normalized spacial score (nSPS) is 11.8. The van der Waals surface area contributed by atoms with Gasteiger partial charge in [0.05, 0.1) is 10.8 Å². The maximum absolute atomic E-state index is 7.39. The molecule has 0 bridgehead atoms. The van der Waals surface area contributed by atoms with Crippen LogP contribution in [0.25, 0.3) is 11.2 Å². The number of nitrogens with zero attached hydrogens (tertiary/aromatic N) is 3. The number of benzene rings is 6. The number of anilines is 1. The third kappa shape index (κ3) is 4.43. The van der Waals surface area contributed by atoms with Crippen molar-refractivity contribution in [1.82, 2.24) is 20.4 Å². The quantitative estimate of drug-likeness (QED) is 0.167. The monoisotopic (exact) mass is 619 g/mol. The van der Waals surface area contributed by atoms with Gasteiger partial charge < -0.3 is 5.73 Å². The predicted molar refractivity (Wildman–Crippen MR) is 193 cm³/mol. The van der Waals surface area contributed by atoms with Crippen molar-refractivity contribution in [1.29, 1.82) is 0 Å². The largest absolute Gasteiger partial charge is 0.383 e. The van der Waals surface area contributed by atoms with Crippen LogP contribution in [0.1, 0.15) is 44.5 Å². The fourth-order valence-corrected chi connectivity index (χ4v) is 7.63. The lowest BCUT2D eigenvalue weighted by atomic mass is 9.57. The van der Waals surface area contributed by atoms with Gasteiger partial charge in [-0.1, -0.05) is 187 Å². The first-order chi connectivity index (χ1) is 23.8. The molecule has 0 fully saturated rings. The molecule has 2 heterocycles. The summed E-state index contributed by atoms with van der Waals surface area (Å²) in [5.74, 6) is 0.396. The van der Waals surface area contributed by atoms with Crippen LogP contribution in [0, 0.1) is 0 Å². The maximum Gasteiger partial charge on any atom is 0.178 e. The van der Waals surface area contributed by atoms with Gasteiger partial charge in [0.25, 0.3) is 0 Å². The van der Waals surface area contributed by atoms with Gasteiger partial charge in [-0.2, -0.15) is 0 Å². The Balaban J connectivity index is 1.69. The molecule has 5 nitrogen and oxygen atoms in total. The van der Waals surface area contributed by atoms with Crippen LogP contribution in [0.3, 0.4) is 0 Å². The molecule has 0 amide bonds. The standard InChI is InChI=1S/C43H33N5/c44-40-38(43(34-25-13-4-14-26-34,35-27-15-5-16-28-35)36-29-17-6-18-30-36)37(39-41(45-40)47-48-46-39)42(31-19-7-1-8-20-31,32-21-9-2-10-22-32)33-23-11-3-12-24-33/h1-30H,(H3,44,45,46,47,48). The minimum atomic E-state index is -0.910. The lowest BCUT2D eigenvalue weighted by molar-refractivity contribution is 0.681. The first kappa shape index (κ1) is 29.1. The van der Waals surface area contributed by atoms with Crippen molar-refractivity contribution in [3.05, 3.63) is 226 Å². The van der Waals surface area contributed by atoms with Crippen LogP contribution < -0.4 is 5.73 Å². The zero-order valence-electron chi connectivity index (χ0n) is 26.2. The summed E-state index contributed by atoms with van der Waals surface area (Å²) in [5.41, 5.74) is 14.9. The van der Waals surface area contributed by atoms with Crippen LogP contribution in [0.2, 0.25) is 0 Å². The van der Waals surface area contributed by atoms with Gasteiger partial charge in [-0.25, -0.2) is 10.1 Å². The molecule has 0 aliphatic carbocycles. The molecule has 0 aliphatic heterocycles. The molecule has 48 heavy (non-hydrogen) atoms. The number of nitrogen functional groups attached to an aromatic ring is 1. The van der Waals surface area contributed by atoms with E-state index in [1.807, 2.05) is 0 Å². The molecule has 8 aromatic rings. The first-order valence-corrected chi connectivity index (χ1v) is 16.1. The second-order valence-electron chi connectivity index (χ2n) is 12.0. The number of rotatable bonds is 8. The highest BCUT2D eigenvalue weighted by Crippen LogP contribution is 2.56. The fraction of sp³-hybridized carbons (Fsp3) is 0.0465. The van der Waals surface area contributed by atoms with E-state index < -0.39 is 10.8 Å². The number of aromatic nitrogens is 4. The Morgan fingerprint density at radius 2 is 0.688 bits per heavy atom. The summed E-state index contributed by atoms with van der Waals surface area (Å²) in [6.07, 6.45) is 0. The topological polar surface area (TPSA) is 80.5 Å². The molecular weight excluding hydrogens is 587 g/mol. The molecule has 230 valence electrons. The van der Waals surface area contributed by atoms with Crippen LogP contribution in [-0.4, -0.2) is 20.4 Å². The fourth-order valence-electron chi connectivity index (χ4n) is 7.63. The SMILES string of the molecule is Nc1nc2[nH]nnc2c(C(c2ccccc2)(c2ccccc2)c2ccccc2)c1C(c1ccccc1)(c1ccccc1)c1ccccc1. The number of pyridine rings is 1. The molecule has 0 atom stereocenters. The number of fused-ring (bicyclic) bond motifs is 1. The number of hydrogen-bond acceptors (Lipinski definition) is 4. The van der Waals surface area contributed by atoms with E-state index in [2.05, 4.69) is 192 Å². The van der Waals surface area contributed by atoms with E-state index in [1.165, 1.54) is 0 Å². The van der Waals surface area contributed by atoms with Gasteiger partial charge in [0.1, 0.15) is 11.3 Å². The van der Waals surface area contributed by atoms with E-state index in [9.17, 15) is 0 Å². The number of nitrogens with one attached hydrogen (secondary N) is 1. The highest BCUT2D eigenvalue weighted by atomic mass is 15.3. The third-order valence-electron chi connectivity index (χ3n) is 9.50. The van der Waals surface area contributed by atoms with Gasteiger partial charge >= 0.3 is 0 Å². The Labute approximate surface area is 279 Å². The summed E-state index contributed by atoms with van der Waals surface area (Å²) in [6, 6.07) is 63.7. The van der Waals surface area contributed by atoms with Crippen molar-refractivity contribution < 1.29 is 0 Å². The average molecular weight is 620 g/mol. The lowest BCUT2D eigenvalue weighted by Crippen LogP contribution is -2.39. The molecule has 0 aliphatic rings. The molecular formula is C43H33N5. The van der Waals surface area contributed by atoms with E-state index in [0.29, 0.717) is 17.0 Å². The summed E-state index contributed by atoms with van der Waals surface area (Å²) >= 11 is 0. The number of hydrogen-bond donors (Lipinski definition) is 2. The minimum Gasteiger partial charge on any atom is -0.383 e. The van der Waals surface area contributed by atoms with Crippen LogP contribution in [0.4, 0.5) is 5.82 Å². The first-order valence-electron chi connectivity index (χ1n) is 16.1. The number of H-pyrrole nitrogens is 1. The predicted octanol–water partition coefficient (Wildman–Crippen LogP) is 8.70. The highest BCUT2D eigenvalue weighted by molar-refractivity contribution is 5.87. The Bertz CT molecular complexity index is 2080. The Morgan fingerprint density at radius 3 is 1.00 bits per heavy atom. The molecule has 5 heteroatoms. The van der Waals surface area contributed by atoms with Crippen molar-refractivity contribution in [3.8, 4) is 0 Å². The molecule has 8 rings (SSSR count). The van der Waals surface area contributed by atoms with Gasteiger partial charge in [0.2, 0.25) is 0 Å². The summed E-state index contributed by atoms with van der Waals surface area (Å²) in [4.78, 5) is 5.03. The van der Waals surface area contributed by atoms with E-state index in [-0.39, 0.29) is 0 Å². The molecule has 0 saturated heterocycles. The highest BCUT2D eigenvalue weighted by Gasteiger charge is 2.50. The molecule has 0 unspecified atom stereocenters. The Morgan fingerprint density at radius 1 is 0.396 bits per heavy atom. The number of aromatic amines is 1. The van der Waals surface area contributed by atoms with Crippen molar-refractivity contribution in [2.75, 3.05) is 5.73 Å². The van der Waals surface area contributed by atoms with E-state index >= 15 is 0 Å². The van der Waals surface area contributed by atoms with Gasteiger partial charge in [0.15, 0.2) is 5.65 Å². The van der Waals surface area contributed by atoms with Crippen molar-refractivity contribution in [2.45, 2.75) is 10.8 Å². The second kappa shape index (κ2) is 12.1. The number of nitrogens with two attached hydrogens (primary N) is 1. The van der Waals surface area contributed by atoms with Crippen LogP contribution in [0.5, 0.6) is 0 Å². The smallest absolute Gasteiger partial charge is 0.178 e. The van der Waals surface area contributed by atoms with Gasteiger partial charge in [-0.15, -0.1) is 5.10 Å². The summed E-state index contributed by atoms with van der Waals surface area (Å²) in [5, 5.41) is 12.3. The average Bonchev–Trinajstić information content (AvgIpc) is 3.64. The molecule has 0 spiro atoms. The van der Waals surface area contributed by atoms with Crippen LogP contribution >= 0.6 is 0 Å². The molecule has 6 aromatic carbocycles.